The molecule has 0 spiro atoms. The maximum absolute atomic E-state index is 13.8. The fraction of sp³-hybridized carbons (Fsp3) is 0.250. The van der Waals surface area contributed by atoms with Crippen LogP contribution in [0.2, 0.25) is 0 Å². The van der Waals surface area contributed by atoms with Gasteiger partial charge >= 0.3 is 21.5 Å². The van der Waals surface area contributed by atoms with Crippen LogP contribution in [0.1, 0.15) is 5.56 Å². The molecule has 0 radical (unpaired) electrons. The largest absolute Gasteiger partial charge is 0.483 e. The van der Waals surface area contributed by atoms with Crippen molar-refractivity contribution in [2.24, 2.45) is 0 Å². The summed E-state index contributed by atoms with van der Waals surface area (Å²) >= 11 is 2.48. The van der Waals surface area contributed by atoms with Crippen LogP contribution < -0.4 is 4.74 Å². The maximum Gasteiger partial charge on any atom is 0.483 e. The molecule has 0 fully saturated rings. The molecular formula is C16H14F4O4S3. The molecule has 0 saturated heterocycles. The summed E-state index contributed by atoms with van der Waals surface area (Å²) in [5.74, 6) is -0.637. The summed E-state index contributed by atoms with van der Waals surface area (Å²) in [5.41, 5.74) is 0.429. The number of aryl methyl sites for hydroxylation is 1. The van der Waals surface area contributed by atoms with E-state index in [9.17, 15) is 26.0 Å². The number of ether oxygens (including phenoxy) is 1. The van der Waals surface area contributed by atoms with Crippen LogP contribution in [-0.4, -0.2) is 30.6 Å². The Morgan fingerprint density at radius 2 is 1.56 bits per heavy atom. The summed E-state index contributed by atoms with van der Waals surface area (Å²) in [4.78, 5) is 1.67. The fourth-order valence-electron chi connectivity index (χ4n) is 1.90. The molecule has 0 atom stereocenters. The number of rotatable bonds is 7. The summed E-state index contributed by atoms with van der Waals surface area (Å²) in [7, 11) is -6.39. The Morgan fingerprint density at radius 1 is 1.00 bits per heavy atom. The average molecular weight is 442 g/mol. The lowest BCUT2D eigenvalue weighted by Gasteiger charge is -2.25. The summed E-state index contributed by atoms with van der Waals surface area (Å²) in [6.07, 6.45) is -3.60. The predicted octanol–water partition coefficient (Wildman–Crippen LogP) is 5.32. The van der Waals surface area contributed by atoms with Crippen molar-refractivity contribution in [3.63, 3.8) is 0 Å². The first-order valence-corrected chi connectivity index (χ1v) is 10.7. The van der Waals surface area contributed by atoms with Gasteiger partial charge in [-0.1, -0.05) is 17.8 Å². The Morgan fingerprint density at radius 3 is 2.07 bits per heavy atom. The van der Waals surface area contributed by atoms with Crippen LogP contribution in [0.25, 0.3) is 0 Å². The van der Waals surface area contributed by atoms with Gasteiger partial charge in [-0.2, -0.15) is 26.0 Å². The Hall–Kier alpha value is -1.43. The van der Waals surface area contributed by atoms with Crippen molar-refractivity contribution in [1.82, 2.24) is 0 Å². The van der Waals surface area contributed by atoms with Crippen LogP contribution in [-0.2, 0) is 10.1 Å². The second-order valence-electron chi connectivity index (χ2n) is 5.34. The summed E-state index contributed by atoms with van der Waals surface area (Å²) in [6, 6.07) is 11.0. The van der Waals surface area contributed by atoms with Crippen LogP contribution >= 0.6 is 23.5 Å². The van der Waals surface area contributed by atoms with Crippen LogP contribution in [0.3, 0.4) is 0 Å². The number of halogens is 4. The first-order valence-electron chi connectivity index (χ1n) is 7.21. The zero-order valence-electron chi connectivity index (χ0n) is 14.0. The van der Waals surface area contributed by atoms with Crippen molar-refractivity contribution in [3.8, 4) is 5.75 Å². The van der Waals surface area contributed by atoms with Crippen LogP contribution in [0, 0.1) is 6.92 Å². The lowest BCUT2D eigenvalue weighted by Crippen LogP contribution is -2.50. The van der Waals surface area contributed by atoms with Crippen molar-refractivity contribution >= 4 is 33.6 Å². The molecule has 0 amide bonds. The van der Waals surface area contributed by atoms with E-state index in [0.717, 1.165) is 22.7 Å². The lowest BCUT2D eigenvalue weighted by molar-refractivity contribution is -0.275. The van der Waals surface area contributed by atoms with Crippen LogP contribution in [0.15, 0.2) is 57.2 Å². The van der Waals surface area contributed by atoms with E-state index < -0.39 is 27.2 Å². The molecule has 0 aromatic heterocycles. The minimum absolute atomic E-state index is 0.0725. The maximum atomic E-state index is 13.8. The van der Waals surface area contributed by atoms with Gasteiger partial charge in [0.05, 0.1) is 4.90 Å². The van der Waals surface area contributed by atoms with Crippen molar-refractivity contribution in [1.29, 1.82) is 0 Å². The molecule has 2 aromatic carbocycles. The highest BCUT2D eigenvalue weighted by Gasteiger charge is 2.69. The molecule has 2 rings (SSSR count). The van der Waals surface area contributed by atoms with Gasteiger partial charge in [0.1, 0.15) is 5.75 Å². The topological polar surface area (TPSA) is 63.6 Å². The molecule has 2 aromatic rings. The van der Waals surface area contributed by atoms with Gasteiger partial charge in [0.2, 0.25) is 0 Å². The number of benzene rings is 2. The smallest absolute Gasteiger partial charge is 0.426 e. The van der Waals surface area contributed by atoms with Gasteiger partial charge in [-0.15, -0.1) is 11.8 Å². The number of alkyl halides is 4. The predicted molar refractivity (Wildman–Crippen MR) is 95.6 cm³/mol. The molecule has 0 heterocycles. The molecule has 1 N–H and O–H groups in total. The first-order chi connectivity index (χ1) is 12.4. The van der Waals surface area contributed by atoms with Gasteiger partial charge in [0.25, 0.3) is 0 Å². The standard InChI is InChI=1S/C16H14F4O4S3/c1-10-3-8-14(26-12-6-4-11(25-2)5-7-12)13(9-10)24-15(17,18)16(19,20)27(21,22)23/h3-9H,1-2H3,(H,21,22,23). The highest BCUT2D eigenvalue weighted by Crippen LogP contribution is 2.43. The van der Waals surface area contributed by atoms with Crippen LogP contribution in [0.4, 0.5) is 17.6 Å². The van der Waals surface area contributed by atoms with E-state index in [0.29, 0.717) is 10.5 Å². The minimum atomic E-state index is -6.39. The number of thioether (sulfide) groups is 1. The molecule has 27 heavy (non-hydrogen) atoms. The quantitative estimate of drug-likeness (QED) is 0.356. The molecule has 0 aliphatic heterocycles. The molecule has 11 heteroatoms. The first kappa shape index (κ1) is 21.9. The third-order valence-electron chi connectivity index (χ3n) is 3.29. The normalized spacial score (nSPS) is 12.9. The fourth-order valence-corrected chi connectivity index (χ4v) is 3.51. The second kappa shape index (κ2) is 7.90. The Bertz CT molecular complexity index is 916. The third-order valence-corrected chi connectivity index (χ3v) is 5.98. The van der Waals surface area contributed by atoms with E-state index in [1.807, 2.05) is 6.26 Å². The van der Waals surface area contributed by atoms with Crippen molar-refractivity contribution in [3.05, 3.63) is 48.0 Å². The molecule has 0 unspecified atom stereocenters. The molecule has 0 saturated carbocycles. The van der Waals surface area contributed by atoms with Crippen molar-refractivity contribution in [2.75, 3.05) is 6.26 Å². The second-order valence-corrected chi connectivity index (χ2v) is 8.80. The minimum Gasteiger partial charge on any atom is -0.426 e. The van der Waals surface area contributed by atoms with E-state index in [1.54, 1.807) is 30.3 Å². The summed E-state index contributed by atoms with van der Waals surface area (Å²) < 4.78 is 88.2. The molecule has 148 valence electrons. The molecular weight excluding hydrogens is 428 g/mol. The van der Waals surface area contributed by atoms with E-state index in [-0.39, 0.29) is 4.90 Å². The Labute approximate surface area is 162 Å². The van der Waals surface area contributed by atoms with Gasteiger partial charge in [0, 0.05) is 9.79 Å². The van der Waals surface area contributed by atoms with Gasteiger partial charge in [0.15, 0.2) is 0 Å². The SMILES string of the molecule is CSc1ccc(Sc2ccc(C)cc2OC(F)(F)C(F)(F)S(=O)(=O)O)cc1. The van der Waals surface area contributed by atoms with E-state index >= 15 is 0 Å². The zero-order chi connectivity index (χ0) is 20.5. The Kier molecular flexibility index (Phi) is 6.40. The molecule has 0 aliphatic carbocycles. The van der Waals surface area contributed by atoms with E-state index in [1.165, 1.54) is 24.8 Å². The van der Waals surface area contributed by atoms with Crippen LogP contribution in [0.5, 0.6) is 5.75 Å². The van der Waals surface area contributed by atoms with Gasteiger partial charge < -0.3 is 4.74 Å². The van der Waals surface area contributed by atoms with Gasteiger partial charge in [-0.05, 0) is 55.1 Å². The molecule has 0 aliphatic rings. The van der Waals surface area contributed by atoms with Crippen molar-refractivity contribution < 1.29 is 35.3 Å². The van der Waals surface area contributed by atoms with Gasteiger partial charge in [-0.25, -0.2) is 0 Å². The zero-order valence-corrected chi connectivity index (χ0v) is 16.4. The number of hydrogen-bond donors (Lipinski definition) is 1. The number of hydrogen-bond acceptors (Lipinski definition) is 5. The average Bonchev–Trinajstić information content (AvgIpc) is 2.56. The van der Waals surface area contributed by atoms with E-state index in [4.69, 9.17) is 4.55 Å². The third kappa shape index (κ3) is 4.89. The Balaban J connectivity index is 2.38. The monoisotopic (exact) mass is 442 g/mol. The summed E-state index contributed by atoms with van der Waals surface area (Å²) in [6.45, 7) is 1.52. The highest BCUT2D eigenvalue weighted by molar-refractivity contribution is 7.99. The molecule has 4 nitrogen and oxygen atoms in total. The lowest BCUT2D eigenvalue weighted by atomic mass is 10.2. The van der Waals surface area contributed by atoms with E-state index in [2.05, 4.69) is 4.74 Å². The highest BCUT2D eigenvalue weighted by atomic mass is 32.2. The van der Waals surface area contributed by atoms with Crippen molar-refractivity contribution in [2.45, 2.75) is 33.0 Å². The molecule has 0 bridgehead atoms. The summed E-state index contributed by atoms with van der Waals surface area (Å²) in [5, 5.41) is -5.81. The van der Waals surface area contributed by atoms with Gasteiger partial charge in [-0.3, -0.25) is 4.55 Å².